The Balaban J connectivity index is 1.65. The van der Waals surface area contributed by atoms with Crippen LogP contribution in [0.1, 0.15) is 24.6 Å². The Labute approximate surface area is 138 Å². The fourth-order valence-corrected chi connectivity index (χ4v) is 3.03. The molecule has 1 aliphatic rings. The highest BCUT2D eigenvalue weighted by molar-refractivity contribution is 5.34. The van der Waals surface area contributed by atoms with Crippen molar-refractivity contribution in [3.63, 3.8) is 0 Å². The van der Waals surface area contributed by atoms with E-state index in [1.165, 1.54) is 10.9 Å². The lowest BCUT2D eigenvalue weighted by Gasteiger charge is -2.17. The van der Waals surface area contributed by atoms with Crippen LogP contribution in [0.5, 0.6) is 0 Å². The highest BCUT2D eigenvalue weighted by Gasteiger charge is 2.33. The third-order valence-electron chi connectivity index (χ3n) is 4.48. The van der Waals surface area contributed by atoms with Gasteiger partial charge in [-0.25, -0.2) is 4.68 Å². The van der Waals surface area contributed by atoms with Crippen molar-refractivity contribution < 1.29 is 18.3 Å². The molecule has 0 radical (unpaired) electrons. The number of hydrogen-bond donors (Lipinski definition) is 1. The van der Waals surface area contributed by atoms with E-state index < -0.39 is 11.9 Å². The summed E-state index contributed by atoms with van der Waals surface area (Å²) in [6.45, 7) is 4.41. The Morgan fingerprint density at radius 3 is 2.50 bits per heavy atom. The molecular formula is C17H20F3N3O. The summed E-state index contributed by atoms with van der Waals surface area (Å²) in [6.07, 6.45) is -2.42. The third kappa shape index (κ3) is 3.79. The molecule has 2 heterocycles. The SMILES string of the molecule is CC(O)C1CCN(Cc2ccc(-n3ccc(C(F)(F)F)n3)cc2)C1. The summed E-state index contributed by atoms with van der Waals surface area (Å²) in [7, 11) is 0. The van der Waals surface area contributed by atoms with Gasteiger partial charge in [0.15, 0.2) is 5.69 Å². The molecule has 0 bridgehead atoms. The van der Waals surface area contributed by atoms with Gasteiger partial charge in [-0.05, 0) is 49.6 Å². The van der Waals surface area contributed by atoms with Gasteiger partial charge < -0.3 is 5.11 Å². The summed E-state index contributed by atoms with van der Waals surface area (Å²) < 4.78 is 39.0. The number of likely N-dealkylation sites (tertiary alicyclic amines) is 1. The average molecular weight is 339 g/mol. The molecule has 0 spiro atoms. The van der Waals surface area contributed by atoms with Gasteiger partial charge in [-0.3, -0.25) is 4.90 Å². The van der Waals surface area contributed by atoms with Gasteiger partial charge in [-0.1, -0.05) is 12.1 Å². The second-order valence-electron chi connectivity index (χ2n) is 6.33. The molecule has 1 aromatic carbocycles. The number of benzene rings is 1. The van der Waals surface area contributed by atoms with Gasteiger partial charge in [0.1, 0.15) is 0 Å². The van der Waals surface area contributed by atoms with Crippen LogP contribution in [-0.2, 0) is 12.7 Å². The van der Waals surface area contributed by atoms with Crippen molar-refractivity contribution in [3.05, 3.63) is 47.8 Å². The lowest BCUT2D eigenvalue weighted by atomic mass is 10.0. The first-order valence-electron chi connectivity index (χ1n) is 7.95. The lowest BCUT2D eigenvalue weighted by Crippen LogP contribution is -2.23. The van der Waals surface area contributed by atoms with E-state index in [0.717, 1.165) is 37.7 Å². The minimum absolute atomic E-state index is 0.292. The topological polar surface area (TPSA) is 41.3 Å². The Kier molecular flexibility index (Phi) is 4.64. The van der Waals surface area contributed by atoms with Crippen LogP contribution in [0.25, 0.3) is 5.69 Å². The Bertz CT molecular complexity index is 679. The average Bonchev–Trinajstić information content (AvgIpc) is 3.16. The van der Waals surface area contributed by atoms with Gasteiger partial charge in [0, 0.05) is 19.3 Å². The Morgan fingerprint density at radius 2 is 1.96 bits per heavy atom. The van der Waals surface area contributed by atoms with E-state index in [2.05, 4.69) is 10.00 Å². The minimum atomic E-state index is -4.43. The van der Waals surface area contributed by atoms with Gasteiger partial charge in [-0.2, -0.15) is 18.3 Å². The standard InChI is InChI=1S/C17H20F3N3O/c1-12(24)14-6-8-22(11-14)10-13-2-4-15(5-3-13)23-9-7-16(21-23)17(18,19)20/h2-5,7,9,12,14,24H,6,8,10-11H2,1H3. The van der Waals surface area contributed by atoms with Crippen LogP contribution in [0.4, 0.5) is 13.2 Å². The summed E-state index contributed by atoms with van der Waals surface area (Å²) in [6, 6.07) is 8.31. The molecule has 1 saturated heterocycles. The van der Waals surface area contributed by atoms with Crippen LogP contribution in [0, 0.1) is 5.92 Å². The van der Waals surface area contributed by atoms with Crippen LogP contribution in [0.15, 0.2) is 36.5 Å². The first-order valence-corrected chi connectivity index (χ1v) is 7.95. The van der Waals surface area contributed by atoms with Crippen LogP contribution in [0.2, 0.25) is 0 Å². The zero-order valence-corrected chi connectivity index (χ0v) is 13.4. The van der Waals surface area contributed by atoms with Crippen molar-refractivity contribution >= 4 is 0 Å². The van der Waals surface area contributed by atoms with Crippen molar-refractivity contribution in [2.45, 2.75) is 32.2 Å². The molecule has 4 nitrogen and oxygen atoms in total. The predicted octanol–water partition coefficient (Wildman–Crippen LogP) is 3.09. The van der Waals surface area contributed by atoms with Crippen LogP contribution in [0.3, 0.4) is 0 Å². The normalized spacial score (nSPS) is 20.5. The zero-order valence-electron chi connectivity index (χ0n) is 13.4. The number of aliphatic hydroxyl groups excluding tert-OH is 1. The molecule has 1 N–H and O–H groups in total. The number of nitrogens with zero attached hydrogens (tertiary/aromatic N) is 3. The van der Waals surface area contributed by atoms with E-state index in [-0.39, 0.29) is 6.10 Å². The number of rotatable bonds is 4. The molecule has 0 saturated carbocycles. The molecule has 1 fully saturated rings. The van der Waals surface area contributed by atoms with Crippen molar-refractivity contribution in [2.75, 3.05) is 13.1 Å². The fraction of sp³-hybridized carbons (Fsp3) is 0.471. The summed E-state index contributed by atoms with van der Waals surface area (Å²) in [4.78, 5) is 2.28. The summed E-state index contributed by atoms with van der Waals surface area (Å²) in [5.41, 5.74) is 0.790. The minimum Gasteiger partial charge on any atom is -0.393 e. The van der Waals surface area contributed by atoms with Crippen molar-refractivity contribution in [1.82, 2.24) is 14.7 Å². The van der Waals surface area contributed by atoms with Crippen LogP contribution >= 0.6 is 0 Å². The molecule has 7 heteroatoms. The fourth-order valence-electron chi connectivity index (χ4n) is 3.03. The molecule has 1 aromatic heterocycles. The van der Waals surface area contributed by atoms with E-state index in [1.54, 1.807) is 12.1 Å². The monoisotopic (exact) mass is 339 g/mol. The molecule has 2 atom stereocenters. The van der Waals surface area contributed by atoms with Crippen molar-refractivity contribution in [2.24, 2.45) is 5.92 Å². The summed E-state index contributed by atoms with van der Waals surface area (Å²) in [5.74, 6) is 0.314. The van der Waals surface area contributed by atoms with E-state index in [1.807, 2.05) is 19.1 Å². The molecule has 130 valence electrons. The number of aliphatic hydroxyl groups is 1. The number of halogens is 3. The largest absolute Gasteiger partial charge is 0.435 e. The molecule has 0 aliphatic carbocycles. The summed E-state index contributed by atoms with van der Waals surface area (Å²) in [5, 5.41) is 13.2. The smallest absolute Gasteiger partial charge is 0.393 e. The van der Waals surface area contributed by atoms with E-state index in [9.17, 15) is 18.3 Å². The number of alkyl halides is 3. The molecule has 2 aromatic rings. The van der Waals surface area contributed by atoms with Crippen LogP contribution in [-0.4, -0.2) is 39.0 Å². The van der Waals surface area contributed by atoms with Gasteiger partial charge in [0.2, 0.25) is 0 Å². The lowest BCUT2D eigenvalue weighted by molar-refractivity contribution is -0.141. The molecule has 24 heavy (non-hydrogen) atoms. The van der Waals surface area contributed by atoms with Crippen molar-refractivity contribution in [1.29, 1.82) is 0 Å². The van der Waals surface area contributed by atoms with Gasteiger partial charge >= 0.3 is 6.18 Å². The van der Waals surface area contributed by atoms with Crippen LogP contribution < -0.4 is 0 Å². The first-order chi connectivity index (χ1) is 11.3. The highest BCUT2D eigenvalue weighted by atomic mass is 19.4. The molecule has 3 rings (SSSR count). The molecular weight excluding hydrogens is 319 g/mol. The second kappa shape index (κ2) is 6.57. The van der Waals surface area contributed by atoms with Gasteiger partial charge in [-0.15, -0.1) is 0 Å². The Morgan fingerprint density at radius 1 is 1.25 bits per heavy atom. The van der Waals surface area contributed by atoms with E-state index in [0.29, 0.717) is 11.6 Å². The maximum atomic E-state index is 12.6. The quantitative estimate of drug-likeness (QED) is 0.931. The maximum Gasteiger partial charge on any atom is 0.435 e. The number of aromatic nitrogens is 2. The van der Waals surface area contributed by atoms with Gasteiger partial charge in [0.05, 0.1) is 11.8 Å². The summed E-state index contributed by atoms with van der Waals surface area (Å²) >= 11 is 0. The van der Waals surface area contributed by atoms with Gasteiger partial charge in [0.25, 0.3) is 0 Å². The molecule has 0 amide bonds. The first kappa shape index (κ1) is 17.0. The Hall–Kier alpha value is -1.86. The predicted molar refractivity (Wildman–Crippen MR) is 83.6 cm³/mol. The highest BCUT2D eigenvalue weighted by Crippen LogP contribution is 2.28. The molecule has 2 unspecified atom stereocenters. The maximum absolute atomic E-state index is 12.6. The third-order valence-corrected chi connectivity index (χ3v) is 4.48. The molecule has 1 aliphatic heterocycles. The zero-order chi connectivity index (χ0) is 17.3. The van der Waals surface area contributed by atoms with E-state index >= 15 is 0 Å². The number of hydrogen-bond acceptors (Lipinski definition) is 3. The second-order valence-corrected chi connectivity index (χ2v) is 6.33. The van der Waals surface area contributed by atoms with Crippen molar-refractivity contribution in [3.8, 4) is 5.69 Å². The van der Waals surface area contributed by atoms with E-state index in [4.69, 9.17) is 0 Å².